The zero-order valence-corrected chi connectivity index (χ0v) is 16.5. The van der Waals surface area contributed by atoms with Crippen molar-refractivity contribution in [3.8, 4) is 5.75 Å². The maximum atomic E-state index is 13.8. The molecule has 2 bridgehead atoms. The van der Waals surface area contributed by atoms with Gasteiger partial charge in [-0.2, -0.15) is 0 Å². The lowest BCUT2D eigenvalue weighted by Gasteiger charge is -2.43. The number of halogens is 1. The number of fused-ring (bicyclic) bond motifs is 2. The molecule has 5 nitrogen and oxygen atoms in total. The van der Waals surface area contributed by atoms with Gasteiger partial charge in [-0.3, -0.25) is 0 Å². The van der Waals surface area contributed by atoms with E-state index >= 15 is 0 Å². The first-order valence-corrected chi connectivity index (χ1v) is 10.0. The van der Waals surface area contributed by atoms with Gasteiger partial charge in [0.25, 0.3) is 0 Å². The van der Waals surface area contributed by atoms with E-state index in [2.05, 4.69) is 0 Å². The number of carbonyl (C=O) groups excluding carboxylic acids is 1. The fourth-order valence-corrected chi connectivity index (χ4v) is 4.78. The fourth-order valence-electron chi connectivity index (χ4n) is 4.78. The number of methoxy groups -OCH3 is 1. The summed E-state index contributed by atoms with van der Waals surface area (Å²) in [6, 6.07) is 14.0. The van der Waals surface area contributed by atoms with Crippen molar-refractivity contribution in [2.24, 2.45) is 0 Å². The van der Waals surface area contributed by atoms with Crippen LogP contribution in [0.5, 0.6) is 5.75 Å². The molecule has 1 N–H and O–H groups in total. The highest BCUT2D eigenvalue weighted by atomic mass is 19.1. The van der Waals surface area contributed by atoms with Gasteiger partial charge in [-0.05, 0) is 48.9 Å². The normalized spacial score (nSPS) is 25.7. The van der Waals surface area contributed by atoms with E-state index in [0.717, 1.165) is 18.4 Å². The molecule has 0 aliphatic carbocycles. The standard InChI is InChI=1S/C23H26FNO4/c1-28-21-10-17(9-18(24)11-21)12-23(27)13-19-7-8-20(14-23)25(19)22(26)29-15-16-5-3-2-4-6-16/h2-6,9-11,19-20,27H,7-8,12-15H2,1H3. The molecule has 2 atom stereocenters. The Bertz CT molecular complexity index is 858. The lowest BCUT2D eigenvalue weighted by molar-refractivity contribution is -0.0485. The van der Waals surface area contributed by atoms with Crippen LogP contribution in [-0.4, -0.2) is 40.9 Å². The van der Waals surface area contributed by atoms with Gasteiger partial charge in [0.2, 0.25) is 0 Å². The van der Waals surface area contributed by atoms with E-state index in [1.165, 1.54) is 19.2 Å². The number of aliphatic hydroxyl groups is 1. The van der Waals surface area contributed by atoms with Crippen molar-refractivity contribution in [1.82, 2.24) is 4.90 Å². The summed E-state index contributed by atoms with van der Waals surface area (Å²) in [6.45, 7) is 0.239. The average Bonchev–Trinajstić information content (AvgIpc) is 2.98. The third kappa shape index (κ3) is 4.37. The van der Waals surface area contributed by atoms with Crippen LogP contribution >= 0.6 is 0 Å². The van der Waals surface area contributed by atoms with Gasteiger partial charge in [0, 0.05) is 24.6 Å². The van der Waals surface area contributed by atoms with E-state index in [0.29, 0.717) is 30.6 Å². The van der Waals surface area contributed by atoms with Crippen LogP contribution in [0, 0.1) is 5.82 Å². The quantitative estimate of drug-likeness (QED) is 0.823. The Labute approximate surface area is 170 Å². The minimum atomic E-state index is -0.971. The predicted molar refractivity (Wildman–Crippen MR) is 106 cm³/mol. The van der Waals surface area contributed by atoms with Gasteiger partial charge >= 0.3 is 6.09 Å². The second-order valence-corrected chi connectivity index (χ2v) is 8.14. The van der Waals surface area contributed by atoms with Gasteiger partial charge in [-0.1, -0.05) is 30.3 Å². The first-order chi connectivity index (χ1) is 14.0. The van der Waals surface area contributed by atoms with Gasteiger partial charge in [0.15, 0.2) is 0 Å². The van der Waals surface area contributed by atoms with Gasteiger partial charge in [-0.25, -0.2) is 9.18 Å². The summed E-state index contributed by atoms with van der Waals surface area (Å²) in [5, 5.41) is 11.2. The predicted octanol–water partition coefficient (Wildman–Crippen LogP) is 4.07. The number of benzene rings is 2. The maximum absolute atomic E-state index is 13.8. The first-order valence-electron chi connectivity index (χ1n) is 10.0. The molecule has 2 heterocycles. The van der Waals surface area contributed by atoms with Crippen molar-refractivity contribution >= 4 is 6.09 Å². The molecular weight excluding hydrogens is 373 g/mol. The molecule has 0 radical (unpaired) electrons. The van der Waals surface area contributed by atoms with Gasteiger partial charge < -0.3 is 19.5 Å². The van der Waals surface area contributed by atoms with E-state index < -0.39 is 5.60 Å². The number of amides is 1. The number of piperidine rings is 1. The smallest absolute Gasteiger partial charge is 0.410 e. The Hall–Kier alpha value is -2.60. The van der Waals surface area contributed by atoms with Crippen molar-refractivity contribution in [3.63, 3.8) is 0 Å². The molecule has 2 unspecified atom stereocenters. The molecular formula is C23H26FNO4. The van der Waals surface area contributed by atoms with Crippen molar-refractivity contribution < 1.29 is 23.8 Å². The van der Waals surface area contributed by atoms with Crippen LogP contribution in [-0.2, 0) is 17.8 Å². The highest BCUT2D eigenvalue weighted by molar-refractivity contribution is 5.69. The molecule has 154 valence electrons. The molecule has 1 amide bonds. The Kier molecular flexibility index (Phi) is 5.46. The second kappa shape index (κ2) is 8.03. The van der Waals surface area contributed by atoms with Crippen molar-refractivity contribution in [3.05, 3.63) is 65.5 Å². The molecule has 29 heavy (non-hydrogen) atoms. The average molecular weight is 399 g/mol. The zero-order valence-electron chi connectivity index (χ0n) is 16.5. The maximum Gasteiger partial charge on any atom is 0.410 e. The van der Waals surface area contributed by atoms with E-state index in [1.807, 2.05) is 30.3 Å². The number of nitrogens with zero attached hydrogens (tertiary/aromatic N) is 1. The van der Waals surface area contributed by atoms with Gasteiger partial charge in [0.05, 0.1) is 12.7 Å². The van der Waals surface area contributed by atoms with Crippen LogP contribution in [0.25, 0.3) is 0 Å². The van der Waals surface area contributed by atoms with Crippen LogP contribution in [0.2, 0.25) is 0 Å². The monoisotopic (exact) mass is 399 g/mol. The molecule has 2 fully saturated rings. The largest absolute Gasteiger partial charge is 0.497 e. The highest BCUT2D eigenvalue weighted by Crippen LogP contribution is 2.42. The zero-order chi connectivity index (χ0) is 20.4. The molecule has 0 aromatic heterocycles. The van der Waals surface area contributed by atoms with E-state index in [4.69, 9.17) is 9.47 Å². The Morgan fingerprint density at radius 2 is 1.83 bits per heavy atom. The summed E-state index contributed by atoms with van der Waals surface area (Å²) in [5.74, 6) is 0.0568. The van der Waals surface area contributed by atoms with Crippen LogP contribution in [0.3, 0.4) is 0 Å². The molecule has 2 aromatic rings. The summed E-state index contributed by atoms with van der Waals surface area (Å²) >= 11 is 0. The molecule has 0 saturated carbocycles. The fraction of sp³-hybridized carbons (Fsp3) is 0.435. The molecule has 2 aliphatic rings. The SMILES string of the molecule is COc1cc(F)cc(CC2(O)CC3CCC(C2)N3C(=O)OCc2ccccc2)c1. The molecule has 0 spiro atoms. The Morgan fingerprint density at radius 1 is 1.14 bits per heavy atom. The Balaban J connectivity index is 1.41. The third-order valence-corrected chi connectivity index (χ3v) is 5.97. The number of hydrogen-bond donors (Lipinski definition) is 1. The lowest BCUT2D eigenvalue weighted by Crippen LogP contribution is -2.54. The summed E-state index contributed by atoms with van der Waals surface area (Å²) in [7, 11) is 1.49. The molecule has 2 aliphatic heterocycles. The van der Waals surface area contributed by atoms with Crippen LogP contribution in [0.1, 0.15) is 36.8 Å². The summed E-state index contributed by atoms with van der Waals surface area (Å²) in [5.41, 5.74) is 0.673. The minimum Gasteiger partial charge on any atom is -0.497 e. The lowest BCUT2D eigenvalue weighted by atomic mass is 9.81. The minimum absolute atomic E-state index is 0.0579. The second-order valence-electron chi connectivity index (χ2n) is 8.14. The summed E-state index contributed by atoms with van der Waals surface area (Å²) < 4.78 is 24.5. The van der Waals surface area contributed by atoms with E-state index in [1.54, 1.807) is 11.0 Å². The van der Waals surface area contributed by atoms with Crippen molar-refractivity contribution in [1.29, 1.82) is 0 Å². The van der Waals surface area contributed by atoms with Gasteiger partial charge in [-0.15, -0.1) is 0 Å². The number of rotatable bonds is 5. The van der Waals surface area contributed by atoms with Gasteiger partial charge in [0.1, 0.15) is 18.2 Å². The number of hydrogen-bond acceptors (Lipinski definition) is 4. The highest BCUT2D eigenvalue weighted by Gasteiger charge is 2.49. The number of carbonyl (C=O) groups is 1. The van der Waals surface area contributed by atoms with E-state index in [9.17, 15) is 14.3 Å². The summed E-state index contributed by atoms with van der Waals surface area (Å²) in [6.07, 6.45) is 2.63. The van der Waals surface area contributed by atoms with Crippen LogP contribution in [0.15, 0.2) is 48.5 Å². The van der Waals surface area contributed by atoms with Crippen molar-refractivity contribution in [2.75, 3.05) is 7.11 Å². The van der Waals surface area contributed by atoms with Crippen molar-refractivity contribution in [2.45, 2.75) is 56.4 Å². The molecule has 2 saturated heterocycles. The molecule has 6 heteroatoms. The third-order valence-electron chi connectivity index (χ3n) is 5.97. The molecule has 4 rings (SSSR count). The molecule has 2 aromatic carbocycles. The summed E-state index contributed by atoms with van der Waals surface area (Å²) in [4.78, 5) is 14.5. The van der Waals surface area contributed by atoms with E-state index in [-0.39, 0.29) is 30.6 Å². The van der Waals surface area contributed by atoms with Crippen LogP contribution in [0.4, 0.5) is 9.18 Å². The first kappa shape index (κ1) is 19.7. The Morgan fingerprint density at radius 3 is 2.48 bits per heavy atom. The van der Waals surface area contributed by atoms with Crippen LogP contribution < -0.4 is 4.74 Å². The topological polar surface area (TPSA) is 59.0 Å². The number of ether oxygens (including phenoxy) is 2.